The maximum atomic E-state index is 11.0. The quantitative estimate of drug-likeness (QED) is 0.906. The number of hydrogen-bond acceptors (Lipinski definition) is 3. The van der Waals surface area contributed by atoms with Gasteiger partial charge in [0.25, 0.3) is 0 Å². The average Bonchev–Trinajstić information content (AvgIpc) is 2.42. The molecule has 4 nitrogen and oxygen atoms in total. The smallest absolute Gasteiger partial charge is 0.337 e. The number of aromatic carboxylic acids is 1. The topological polar surface area (TPSA) is 59.4 Å². The van der Waals surface area contributed by atoms with E-state index in [1.807, 2.05) is 6.92 Å². The molecule has 6 heteroatoms. The van der Waals surface area contributed by atoms with Crippen molar-refractivity contribution in [3.05, 3.63) is 51.6 Å². The van der Waals surface area contributed by atoms with Crippen LogP contribution in [0.15, 0.2) is 30.5 Å². The van der Waals surface area contributed by atoms with Gasteiger partial charge in [-0.2, -0.15) is 0 Å². The fraction of sp³-hybridized carbons (Fsp3) is 0.143. The molecule has 0 saturated heterocycles. The Bertz CT molecular complexity index is 659. The molecule has 1 aromatic heterocycles. The van der Waals surface area contributed by atoms with Crippen LogP contribution in [0.2, 0.25) is 10.0 Å². The predicted octanol–water partition coefficient (Wildman–Crippen LogP) is 4.44. The van der Waals surface area contributed by atoms with E-state index in [0.717, 1.165) is 12.0 Å². The number of aryl methyl sites for hydroxylation is 1. The molecule has 0 radical (unpaired) electrons. The molecule has 0 saturated carbocycles. The van der Waals surface area contributed by atoms with Crippen LogP contribution in [-0.2, 0) is 6.42 Å². The zero-order valence-corrected chi connectivity index (χ0v) is 12.1. The molecule has 2 aromatic rings. The third-order valence-corrected chi connectivity index (χ3v) is 3.35. The van der Waals surface area contributed by atoms with E-state index in [1.165, 1.54) is 12.3 Å². The largest absolute Gasteiger partial charge is 0.478 e. The number of nitrogens with zero attached hydrogens (tertiary/aromatic N) is 1. The molecular weight excluding hydrogens is 301 g/mol. The number of pyridine rings is 1. The molecule has 0 fully saturated rings. The van der Waals surface area contributed by atoms with Crippen LogP contribution in [-0.4, -0.2) is 16.1 Å². The first-order chi connectivity index (χ1) is 9.51. The normalized spacial score (nSPS) is 10.3. The van der Waals surface area contributed by atoms with Gasteiger partial charge in [0.15, 0.2) is 0 Å². The van der Waals surface area contributed by atoms with Crippen molar-refractivity contribution < 1.29 is 14.6 Å². The van der Waals surface area contributed by atoms with Gasteiger partial charge in [-0.05, 0) is 30.2 Å². The van der Waals surface area contributed by atoms with E-state index in [9.17, 15) is 4.79 Å². The summed E-state index contributed by atoms with van der Waals surface area (Å²) in [6, 6.07) is 6.49. The second-order valence-corrected chi connectivity index (χ2v) is 4.83. The minimum Gasteiger partial charge on any atom is -0.478 e. The Hall–Kier alpha value is -1.78. The zero-order valence-electron chi connectivity index (χ0n) is 10.6. The van der Waals surface area contributed by atoms with Crippen LogP contribution in [0.25, 0.3) is 0 Å². The van der Waals surface area contributed by atoms with E-state index in [-0.39, 0.29) is 16.5 Å². The van der Waals surface area contributed by atoms with E-state index in [4.69, 9.17) is 33.0 Å². The summed E-state index contributed by atoms with van der Waals surface area (Å²) in [5.74, 6) is -0.429. The zero-order chi connectivity index (χ0) is 14.7. The van der Waals surface area contributed by atoms with Crippen LogP contribution in [0.3, 0.4) is 0 Å². The Kier molecular flexibility index (Phi) is 4.47. The molecule has 1 N–H and O–H groups in total. The molecule has 0 atom stereocenters. The summed E-state index contributed by atoms with van der Waals surface area (Å²) >= 11 is 11.8. The fourth-order valence-corrected chi connectivity index (χ4v) is 2.08. The number of halogens is 2. The second kappa shape index (κ2) is 6.11. The van der Waals surface area contributed by atoms with Crippen LogP contribution in [0.4, 0.5) is 0 Å². The lowest BCUT2D eigenvalue weighted by molar-refractivity contribution is 0.0696. The highest BCUT2D eigenvalue weighted by molar-refractivity contribution is 6.33. The van der Waals surface area contributed by atoms with Crippen LogP contribution < -0.4 is 4.74 Å². The number of carboxylic acid groups (broad SMARTS) is 1. The van der Waals surface area contributed by atoms with Gasteiger partial charge >= 0.3 is 5.97 Å². The summed E-state index contributed by atoms with van der Waals surface area (Å²) in [6.45, 7) is 1.98. The molecule has 2 rings (SSSR count). The summed E-state index contributed by atoms with van der Waals surface area (Å²) in [5.41, 5.74) is 0.887. The number of carboxylic acids is 1. The Morgan fingerprint density at radius 1 is 1.30 bits per heavy atom. The predicted molar refractivity (Wildman–Crippen MR) is 77.1 cm³/mol. The van der Waals surface area contributed by atoms with Crippen molar-refractivity contribution >= 4 is 29.2 Å². The van der Waals surface area contributed by atoms with Crippen molar-refractivity contribution in [2.45, 2.75) is 13.3 Å². The highest BCUT2D eigenvalue weighted by Gasteiger charge is 2.12. The first kappa shape index (κ1) is 14.6. The third-order valence-electron chi connectivity index (χ3n) is 2.68. The summed E-state index contributed by atoms with van der Waals surface area (Å²) in [6.07, 6.45) is 2.02. The molecule has 0 amide bonds. The van der Waals surface area contributed by atoms with Gasteiger partial charge in [0.1, 0.15) is 5.75 Å². The number of carbonyl (C=O) groups is 1. The van der Waals surface area contributed by atoms with E-state index < -0.39 is 5.97 Å². The lowest BCUT2D eigenvalue weighted by Gasteiger charge is -2.08. The molecule has 20 heavy (non-hydrogen) atoms. The van der Waals surface area contributed by atoms with Crippen molar-refractivity contribution in [1.29, 1.82) is 0 Å². The molecule has 0 aliphatic carbocycles. The summed E-state index contributed by atoms with van der Waals surface area (Å²) in [7, 11) is 0. The first-order valence-electron chi connectivity index (χ1n) is 5.86. The van der Waals surface area contributed by atoms with E-state index in [2.05, 4.69) is 4.98 Å². The van der Waals surface area contributed by atoms with Gasteiger partial charge < -0.3 is 9.84 Å². The number of aromatic nitrogens is 1. The van der Waals surface area contributed by atoms with Gasteiger partial charge in [0.05, 0.1) is 16.8 Å². The van der Waals surface area contributed by atoms with E-state index in [0.29, 0.717) is 10.8 Å². The molecule has 0 spiro atoms. The lowest BCUT2D eigenvalue weighted by Crippen LogP contribution is -1.99. The number of hydrogen-bond donors (Lipinski definition) is 1. The monoisotopic (exact) mass is 311 g/mol. The molecule has 0 aliphatic heterocycles. The summed E-state index contributed by atoms with van der Waals surface area (Å²) in [5, 5.41) is 9.72. The van der Waals surface area contributed by atoms with Crippen molar-refractivity contribution in [2.24, 2.45) is 0 Å². The van der Waals surface area contributed by atoms with E-state index >= 15 is 0 Å². The minimum atomic E-state index is -1.13. The van der Waals surface area contributed by atoms with Crippen LogP contribution >= 0.6 is 23.2 Å². The van der Waals surface area contributed by atoms with Gasteiger partial charge in [-0.3, -0.25) is 0 Å². The molecule has 1 heterocycles. The highest BCUT2D eigenvalue weighted by Crippen LogP contribution is 2.27. The SMILES string of the molecule is CCc1cc(Oc2cc(C(=O)O)c(Cl)cn2)ccc1Cl. The highest BCUT2D eigenvalue weighted by atomic mass is 35.5. The first-order valence-corrected chi connectivity index (χ1v) is 6.62. The Balaban J connectivity index is 2.30. The van der Waals surface area contributed by atoms with Crippen molar-refractivity contribution in [3.8, 4) is 11.6 Å². The third kappa shape index (κ3) is 3.21. The van der Waals surface area contributed by atoms with Crippen LogP contribution in [0.1, 0.15) is 22.8 Å². The van der Waals surface area contributed by atoms with Crippen molar-refractivity contribution in [2.75, 3.05) is 0 Å². The molecule has 0 unspecified atom stereocenters. The summed E-state index contributed by atoms with van der Waals surface area (Å²) < 4.78 is 5.53. The standard InChI is InChI=1S/C14H11Cl2NO3/c1-2-8-5-9(3-4-11(8)15)20-13-6-10(14(18)19)12(16)7-17-13/h3-7H,2H2,1H3,(H,18,19). The molecule has 1 aromatic carbocycles. The van der Waals surface area contributed by atoms with Gasteiger partial charge in [-0.1, -0.05) is 30.1 Å². The Morgan fingerprint density at radius 2 is 2.05 bits per heavy atom. The van der Waals surface area contributed by atoms with Crippen molar-refractivity contribution in [3.63, 3.8) is 0 Å². The van der Waals surface area contributed by atoms with Crippen molar-refractivity contribution in [1.82, 2.24) is 4.98 Å². The number of rotatable bonds is 4. The lowest BCUT2D eigenvalue weighted by atomic mass is 10.1. The van der Waals surface area contributed by atoms with Crippen LogP contribution in [0.5, 0.6) is 11.6 Å². The van der Waals surface area contributed by atoms with Gasteiger partial charge in [-0.15, -0.1) is 0 Å². The summed E-state index contributed by atoms with van der Waals surface area (Å²) in [4.78, 5) is 14.9. The van der Waals surface area contributed by atoms with Gasteiger partial charge in [-0.25, -0.2) is 9.78 Å². The van der Waals surface area contributed by atoms with Gasteiger partial charge in [0.2, 0.25) is 5.88 Å². The fourth-order valence-electron chi connectivity index (χ4n) is 1.65. The van der Waals surface area contributed by atoms with Gasteiger partial charge in [0, 0.05) is 11.1 Å². The average molecular weight is 312 g/mol. The van der Waals surface area contributed by atoms with Crippen LogP contribution in [0, 0.1) is 0 Å². The molecule has 0 bridgehead atoms. The Morgan fingerprint density at radius 3 is 2.70 bits per heavy atom. The number of benzene rings is 1. The maximum absolute atomic E-state index is 11.0. The van der Waals surface area contributed by atoms with E-state index in [1.54, 1.807) is 18.2 Å². The molecule has 0 aliphatic rings. The maximum Gasteiger partial charge on any atom is 0.337 e. The molecule has 104 valence electrons. The minimum absolute atomic E-state index is 0.0543. The number of ether oxygens (including phenoxy) is 1. The Labute approximate surface area is 125 Å². The second-order valence-electron chi connectivity index (χ2n) is 4.02. The molecular formula is C14H11Cl2NO3.